The van der Waals surface area contributed by atoms with Gasteiger partial charge in [0.25, 0.3) is 0 Å². The third-order valence-corrected chi connectivity index (χ3v) is 6.04. The summed E-state index contributed by atoms with van der Waals surface area (Å²) in [5, 5.41) is 32.2. The molecule has 34 heavy (non-hydrogen) atoms. The second-order valence-corrected chi connectivity index (χ2v) is 10.1. The fourth-order valence-corrected chi connectivity index (χ4v) is 5.13. The molecule has 0 bridgehead atoms. The number of aromatic amines is 1. The number of nitrogens with one attached hydrogen (secondary N) is 2. The second kappa shape index (κ2) is 9.69. The van der Waals surface area contributed by atoms with E-state index >= 15 is 0 Å². The maximum absolute atomic E-state index is 11.0. The first kappa shape index (κ1) is 24.1. The summed E-state index contributed by atoms with van der Waals surface area (Å²) in [6.07, 6.45) is 6.89. The van der Waals surface area contributed by atoms with Crippen LogP contribution in [0.1, 0.15) is 40.5 Å². The lowest BCUT2D eigenvalue weighted by Crippen LogP contribution is -2.62. The zero-order valence-electron chi connectivity index (χ0n) is 20.5. The van der Waals surface area contributed by atoms with E-state index in [4.69, 9.17) is 9.57 Å². The Morgan fingerprint density at radius 3 is 2.56 bits per heavy atom. The minimum atomic E-state index is -0.0905. The molecule has 0 saturated carbocycles. The van der Waals surface area contributed by atoms with Gasteiger partial charge in [0.15, 0.2) is 0 Å². The maximum Gasteiger partial charge on any atom is 0.125 e. The molecule has 1 aliphatic rings. The van der Waals surface area contributed by atoms with Gasteiger partial charge in [-0.05, 0) is 58.2 Å². The average Bonchev–Trinajstić information content (AvgIpc) is 3.29. The first-order chi connectivity index (χ1) is 16.2. The van der Waals surface area contributed by atoms with E-state index in [1.807, 2.05) is 23.3 Å². The van der Waals surface area contributed by atoms with Gasteiger partial charge in [0.1, 0.15) is 11.4 Å². The van der Waals surface area contributed by atoms with Crippen molar-refractivity contribution in [2.45, 2.75) is 57.7 Å². The van der Waals surface area contributed by atoms with Gasteiger partial charge in [-0.15, -0.1) is 5.10 Å². The number of nitrogens with zero attached hydrogens (tertiary/aromatic N) is 4. The summed E-state index contributed by atoms with van der Waals surface area (Å²) in [7, 11) is 1.66. The number of ether oxygens (including phenoxy) is 1. The van der Waals surface area contributed by atoms with E-state index in [1.165, 1.54) is 0 Å². The third-order valence-electron chi connectivity index (χ3n) is 6.04. The molecule has 4 rings (SSSR count). The monoisotopic (exact) mass is 466 g/mol. The van der Waals surface area contributed by atoms with Crippen LogP contribution in [0, 0.1) is 0 Å². The Labute approximate surface area is 200 Å². The van der Waals surface area contributed by atoms with Crippen LogP contribution in [0.2, 0.25) is 0 Å². The van der Waals surface area contributed by atoms with Gasteiger partial charge in [0.2, 0.25) is 0 Å². The van der Waals surface area contributed by atoms with Crippen LogP contribution in [-0.2, 0) is 9.57 Å². The lowest BCUT2D eigenvalue weighted by molar-refractivity contribution is 0.0185. The van der Waals surface area contributed by atoms with E-state index in [0.717, 1.165) is 29.7 Å². The maximum atomic E-state index is 11.0. The number of H-pyrrole nitrogens is 1. The Morgan fingerprint density at radius 1 is 1.12 bits per heavy atom. The van der Waals surface area contributed by atoms with E-state index in [0.29, 0.717) is 24.5 Å². The molecule has 0 aliphatic carbocycles. The smallest absolute Gasteiger partial charge is 0.125 e. The summed E-state index contributed by atoms with van der Waals surface area (Å²) in [6.45, 7) is 9.68. The number of methoxy groups -OCH3 is 1. The van der Waals surface area contributed by atoms with Crippen LogP contribution in [0.25, 0.3) is 22.4 Å². The summed E-state index contributed by atoms with van der Waals surface area (Å²) >= 11 is 0. The third kappa shape index (κ3) is 5.22. The van der Waals surface area contributed by atoms with E-state index in [2.05, 4.69) is 53.4 Å². The van der Waals surface area contributed by atoms with Crippen molar-refractivity contribution in [2.75, 3.05) is 25.4 Å². The number of anilines is 1. The number of hydrogen-bond donors (Lipinski definition) is 3. The molecule has 182 valence electrons. The molecule has 0 radical (unpaired) electrons. The Kier molecular flexibility index (Phi) is 6.88. The van der Waals surface area contributed by atoms with Crippen molar-refractivity contribution >= 4 is 5.69 Å². The van der Waals surface area contributed by atoms with Gasteiger partial charge >= 0.3 is 0 Å². The van der Waals surface area contributed by atoms with Crippen molar-refractivity contribution in [1.82, 2.24) is 25.7 Å². The fourth-order valence-electron chi connectivity index (χ4n) is 5.13. The standard InChI is InChI=1S/C25H34N6O3/c1-24(2)13-18(14-25(3,4)30-24)31(34-12-11-33-5)20-9-10-26-29-23(20)22-19(7-6-8-21(22)32)17-15-27-28-16-17/h6-10,15-16,18,30,32H,11-14H2,1-5H3,(H,27,28). The summed E-state index contributed by atoms with van der Waals surface area (Å²) < 4.78 is 5.26. The van der Waals surface area contributed by atoms with Crippen LogP contribution in [-0.4, -0.2) is 62.9 Å². The molecule has 3 aromatic rings. The largest absolute Gasteiger partial charge is 0.507 e. The molecule has 0 atom stereocenters. The van der Waals surface area contributed by atoms with Crippen LogP contribution < -0.4 is 10.4 Å². The summed E-state index contributed by atoms with van der Waals surface area (Å²) in [4.78, 5) is 6.34. The normalized spacial score (nSPS) is 17.6. The highest BCUT2D eigenvalue weighted by Gasteiger charge is 2.41. The number of benzene rings is 1. The van der Waals surface area contributed by atoms with Gasteiger partial charge < -0.3 is 15.2 Å². The second-order valence-electron chi connectivity index (χ2n) is 10.1. The zero-order chi connectivity index (χ0) is 24.3. The SMILES string of the molecule is COCCON(c1ccnnc1-c1c(O)cccc1-c1cn[nH]c1)C1CC(C)(C)NC(C)(C)C1. The summed E-state index contributed by atoms with van der Waals surface area (Å²) in [5.41, 5.74) is 3.34. The average molecular weight is 467 g/mol. The lowest BCUT2D eigenvalue weighted by Gasteiger charge is -2.49. The highest BCUT2D eigenvalue weighted by Crippen LogP contribution is 2.43. The van der Waals surface area contributed by atoms with Crippen LogP contribution in [0.3, 0.4) is 0 Å². The number of aromatic nitrogens is 4. The number of piperidine rings is 1. The van der Waals surface area contributed by atoms with Crippen molar-refractivity contribution in [3.05, 3.63) is 42.9 Å². The molecule has 9 heteroatoms. The molecule has 0 unspecified atom stereocenters. The van der Waals surface area contributed by atoms with Crippen molar-refractivity contribution in [1.29, 1.82) is 0 Å². The Balaban J connectivity index is 1.83. The summed E-state index contributed by atoms with van der Waals surface area (Å²) in [6, 6.07) is 7.36. The lowest BCUT2D eigenvalue weighted by atomic mass is 9.79. The number of rotatable bonds is 8. The number of phenolic OH excluding ortho intramolecular Hbond substituents is 1. The molecule has 0 amide bonds. The topological polar surface area (TPSA) is 108 Å². The molecule has 1 aliphatic heterocycles. The molecule has 1 fully saturated rings. The zero-order valence-corrected chi connectivity index (χ0v) is 20.5. The Bertz CT molecular complexity index is 1080. The Hall–Kier alpha value is -3.01. The van der Waals surface area contributed by atoms with E-state index in [1.54, 1.807) is 31.8 Å². The van der Waals surface area contributed by atoms with E-state index in [9.17, 15) is 5.11 Å². The van der Waals surface area contributed by atoms with Crippen molar-refractivity contribution in [3.8, 4) is 28.1 Å². The van der Waals surface area contributed by atoms with Gasteiger partial charge in [-0.25, -0.2) is 5.06 Å². The number of phenols is 1. The van der Waals surface area contributed by atoms with Gasteiger partial charge in [0.05, 0.1) is 42.9 Å². The van der Waals surface area contributed by atoms with Crippen LogP contribution >= 0.6 is 0 Å². The van der Waals surface area contributed by atoms with Crippen molar-refractivity contribution < 1.29 is 14.7 Å². The fraction of sp³-hybridized carbons (Fsp3) is 0.480. The molecule has 3 N–H and O–H groups in total. The Morgan fingerprint density at radius 2 is 1.88 bits per heavy atom. The highest BCUT2D eigenvalue weighted by molar-refractivity contribution is 5.90. The molecule has 2 aromatic heterocycles. The molecule has 9 nitrogen and oxygen atoms in total. The van der Waals surface area contributed by atoms with Crippen LogP contribution in [0.4, 0.5) is 5.69 Å². The molecular weight excluding hydrogens is 432 g/mol. The highest BCUT2D eigenvalue weighted by atomic mass is 16.7. The minimum Gasteiger partial charge on any atom is -0.507 e. The van der Waals surface area contributed by atoms with E-state index in [-0.39, 0.29) is 22.9 Å². The van der Waals surface area contributed by atoms with Gasteiger partial charge in [-0.3, -0.25) is 9.94 Å². The van der Waals surface area contributed by atoms with Crippen LogP contribution in [0.15, 0.2) is 42.9 Å². The van der Waals surface area contributed by atoms with E-state index < -0.39 is 0 Å². The van der Waals surface area contributed by atoms with Crippen molar-refractivity contribution in [3.63, 3.8) is 0 Å². The number of aromatic hydroxyl groups is 1. The number of hydroxylamine groups is 1. The molecule has 0 spiro atoms. The predicted molar refractivity (Wildman–Crippen MR) is 131 cm³/mol. The minimum absolute atomic E-state index is 0.0642. The molecule has 3 heterocycles. The van der Waals surface area contributed by atoms with Gasteiger partial charge in [0, 0.05) is 29.9 Å². The van der Waals surface area contributed by atoms with Gasteiger partial charge in [-0.2, -0.15) is 10.2 Å². The number of hydrogen-bond acceptors (Lipinski definition) is 8. The van der Waals surface area contributed by atoms with Gasteiger partial charge in [-0.1, -0.05) is 12.1 Å². The van der Waals surface area contributed by atoms with Crippen LogP contribution in [0.5, 0.6) is 5.75 Å². The predicted octanol–water partition coefficient (Wildman–Crippen LogP) is 3.93. The summed E-state index contributed by atoms with van der Waals surface area (Å²) in [5.74, 6) is 0.114. The first-order valence-corrected chi connectivity index (χ1v) is 11.5. The first-order valence-electron chi connectivity index (χ1n) is 11.5. The van der Waals surface area contributed by atoms with Crippen molar-refractivity contribution in [2.24, 2.45) is 0 Å². The molecular formula is C25H34N6O3. The molecule has 1 aromatic carbocycles. The quantitative estimate of drug-likeness (QED) is 0.338. The molecule has 1 saturated heterocycles.